The summed E-state index contributed by atoms with van der Waals surface area (Å²) in [7, 11) is 0. The van der Waals surface area contributed by atoms with Gasteiger partial charge in [0, 0.05) is 14.7 Å². The van der Waals surface area contributed by atoms with Crippen molar-refractivity contribution in [2.75, 3.05) is 0 Å². The molecule has 0 aliphatic carbocycles. The van der Waals surface area contributed by atoms with Crippen molar-refractivity contribution in [1.82, 2.24) is 0 Å². The zero-order valence-corrected chi connectivity index (χ0v) is 10.9. The molecule has 2 rings (SSSR count). The molecule has 0 fully saturated rings. The Kier molecular flexibility index (Phi) is 3.99. The summed E-state index contributed by atoms with van der Waals surface area (Å²) < 4.78 is 21.4. The van der Waals surface area contributed by atoms with Crippen LogP contribution in [0.15, 0.2) is 63.2 Å². The first-order valence-corrected chi connectivity index (χ1v) is 6.98. The fraction of sp³-hybridized carbons (Fsp3) is 0.0769. The molecule has 1 atom stereocenters. The van der Waals surface area contributed by atoms with Gasteiger partial charge >= 0.3 is 0 Å². The molecule has 2 aromatic carbocycles. The van der Waals surface area contributed by atoms with E-state index in [1.165, 1.54) is 5.56 Å². The predicted molar refractivity (Wildman–Crippen MR) is 68.9 cm³/mol. The Balaban J connectivity index is 2.13. The van der Waals surface area contributed by atoms with Crippen LogP contribution in [0.1, 0.15) is 5.56 Å². The average molecular weight is 263 g/mol. The first-order chi connectivity index (χ1) is 8.15. The Labute approximate surface area is 107 Å². The van der Waals surface area contributed by atoms with Gasteiger partial charge in [-0.3, -0.25) is 4.21 Å². The van der Waals surface area contributed by atoms with Gasteiger partial charge in [-0.05, 0) is 54.4 Å². The highest BCUT2D eigenvalue weighted by atomic mass is 32.2. The Bertz CT molecular complexity index is 518. The molecule has 2 nitrogen and oxygen atoms in total. The van der Waals surface area contributed by atoms with Gasteiger partial charge in [0.15, 0.2) is 0 Å². The van der Waals surface area contributed by atoms with Crippen molar-refractivity contribution in [3.8, 4) is 0 Å². The van der Waals surface area contributed by atoms with Crippen LogP contribution in [0.2, 0.25) is 0 Å². The molecule has 0 saturated heterocycles. The van der Waals surface area contributed by atoms with Crippen LogP contribution in [-0.4, -0.2) is 8.76 Å². The lowest BCUT2D eigenvalue weighted by Gasteiger charge is -2.06. The number of aryl methyl sites for hydroxylation is 1. The minimum Gasteiger partial charge on any atom is -0.768 e. The fourth-order valence-corrected chi connectivity index (χ4v) is 2.54. The van der Waals surface area contributed by atoms with Crippen LogP contribution < -0.4 is 0 Å². The molecule has 4 heteroatoms. The van der Waals surface area contributed by atoms with Gasteiger partial charge in [-0.15, -0.1) is 0 Å². The number of rotatable bonds is 3. The normalized spacial score (nSPS) is 12.4. The van der Waals surface area contributed by atoms with Gasteiger partial charge in [-0.1, -0.05) is 29.5 Å². The topological polar surface area (TPSA) is 40.1 Å². The van der Waals surface area contributed by atoms with Crippen LogP contribution in [0, 0.1) is 6.92 Å². The van der Waals surface area contributed by atoms with E-state index in [-0.39, 0.29) is 0 Å². The molecular formula is C13H11O2S2-. The molecule has 0 aliphatic heterocycles. The van der Waals surface area contributed by atoms with Crippen LogP contribution in [0.25, 0.3) is 0 Å². The third-order valence-electron chi connectivity index (χ3n) is 2.27. The second kappa shape index (κ2) is 5.49. The molecule has 2 aromatic rings. The smallest absolute Gasteiger partial charge is 0.0249 e. The fourth-order valence-electron chi connectivity index (χ4n) is 1.36. The van der Waals surface area contributed by atoms with E-state index in [4.69, 9.17) is 0 Å². The maximum atomic E-state index is 10.7. The van der Waals surface area contributed by atoms with Crippen molar-refractivity contribution in [2.24, 2.45) is 0 Å². The molecule has 17 heavy (non-hydrogen) atoms. The summed E-state index contributed by atoms with van der Waals surface area (Å²) in [6, 6.07) is 15.1. The van der Waals surface area contributed by atoms with E-state index in [1.54, 1.807) is 23.9 Å². The molecule has 1 unspecified atom stereocenters. The van der Waals surface area contributed by atoms with Crippen molar-refractivity contribution in [2.45, 2.75) is 21.6 Å². The Morgan fingerprint density at radius 2 is 1.41 bits per heavy atom. The highest BCUT2D eigenvalue weighted by molar-refractivity contribution is 7.99. The largest absolute Gasteiger partial charge is 0.768 e. The maximum Gasteiger partial charge on any atom is 0.0249 e. The second-order valence-corrected chi connectivity index (χ2v) is 5.71. The summed E-state index contributed by atoms with van der Waals surface area (Å²) in [5.74, 6) is 0. The number of hydrogen-bond donors (Lipinski definition) is 0. The summed E-state index contributed by atoms with van der Waals surface area (Å²) in [5, 5.41) is 0. The van der Waals surface area contributed by atoms with E-state index in [1.807, 2.05) is 19.1 Å². The summed E-state index contributed by atoms with van der Waals surface area (Å²) in [6.45, 7) is 2.05. The quantitative estimate of drug-likeness (QED) is 0.797. The Hall–Kier alpha value is -1.10. The molecule has 0 spiro atoms. The van der Waals surface area contributed by atoms with Crippen molar-refractivity contribution in [1.29, 1.82) is 0 Å². The van der Waals surface area contributed by atoms with Crippen molar-refractivity contribution < 1.29 is 8.76 Å². The molecule has 0 bridgehead atoms. The van der Waals surface area contributed by atoms with Gasteiger partial charge in [-0.2, -0.15) is 0 Å². The molecular weight excluding hydrogens is 252 g/mol. The molecule has 0 aromatic heterocycles. The molecule has 0 aliphatic rings. The molecule has 0 amide bonds. The zero-order chi connectivity index (χ0) is 12.3. The first kappa shape index (κ1) is 12.4. The highest BCUT2D eigenvalue weighted by Crippen LogP contribution is 2.28. The van der Waals surface area contributed by atoms with Gasteiger partial charge in [0.05, 0.1) is 0 Å². The third-order valence-corrected chi connectivity index (χ3v) is 3.95. The maximum absolute atomic E-state index is 10.7. The summed E-state index contributed by atoms with van der Waals surface area (Å²) >= 11 is -0.530. The zero-order valence-electron chi connectivity index (χ0n) is 9.25. The molecule has 0 radical (unpaired) electrons. The van der Waals surface area contributed by atoms with Crippen LogP contribution in [0.4, 0.5) is 0 Å². The third kappa shape index (κ3) is 3.43. The lowest BCUT2D eigenvalue weighted by Crippen LogP contribution is -1.87. The molecule has 0 heterocycles. The minimum atomic E-state index is -2.15. The molecule has 88 valence electrons. The average Bonchev–Trinajstić information content (AvgIpc) is 2.33. The van der Waals surface area contributed by atoms with Gasteiger partial charge in [-0.25, -0.2) is 0 Å². The van der Waals surface area contributed by atoms with E-state index in [0.717, 1.165) is 9.79 Å². The Morgan fingerprint density at radius 1 is 0.941 bits per heavy atom. The lowest BCUT2D eigenvalue weighted by molar-refractivity contribution is 0.537. The lowest BCUT2D eigenvalue weighted by atomic mass is 10.2. The number of benzene rings is 2. The number of hydrogen-bond acceptors (Lipinski definition) is 3. The minimum absolute atomic E-state index is 0.318. The van der Waals surface area contributed by atoms with Crippen molar-refractivity contribution >= 4 is 22.8 Å². The van der Waals surface area contributed by atoms with Gasteiger partial charge < -0.3 is 4.55 Å². The van der Waals surface area contributed by atoms with Crippen LogP contribution >= 0.6 is 11.8 Å². The van der Waals surface area contributed by atoms with Crippen LogP contribution in [0.5, 0.6) is 0 Å². The van der Waals surface area contributed by atoms with E-state index in [2.05, 4.69) is 24.3 Å². The van der Waals surface area contributed by atoms with Crippen molar-refractivity contribution in [3.05, 3.63) is 54.1 Å². The standard InChI is InChI=1S/C13H12O2S2/c1-10-2-4-11(5-3-10)16-12-6-8-13(9-7-12)17(14)15/h2-9H,1H3,(H,14,15)/p-1. The van der Waals surface area contributed by atoms with E-state index >= 15 is 0 Å². The monoisotopic (exact) mass is 263 g/mol. The van der Waals surface area contributed by atoms with Gasteiger partial charge in [0.1, 0.15) is 0 Å². The SMILES string of the molecule is Cc1ccc(Sc2ccc(S(=O)[O-])cc2)cc1. The van der Waals surface area contributed by atoms with Crippen LogP contribution in [0.3, 0.4) is 0 Å². The second-order valence-electron chi connectivity index (χ2n) is 3.62. The highest BCUT2D eigenvalue weighted by Gasteiger charge is 1.98. The summed E-state index contributed by atoms with van der Waals surface area (Å²) in [6.07, 6.45) is 0. The van der Waals surface area contributed by atoms with E-state index in [9.17, 15) is 8.76 Å². The summed E-state index contributed by atoms with van der Waals surface area (Å²) in [4.78, 5) is 2.49. The molecule has 0 N–H and O–H groups in total. The first-order valence-electron chi connectivity index (χ1n) is 5.09. The van der Waals surface area contributed by atoms with E-state index < -0.39 is 11.1 Å². The Morgan fingerprint density at radius 3 is 1.88 bits per heavy atom. The van der Waals surface area contributed by atoms with Crippen molar-refractivity contribution in [3.63, 3.8) is 0 Å². The van der Waals surface area contributed by atoms with Gasteiger partial charge in [0.25, 0.3) is 0 Å². The van der Waals surface area contributed by atoms with Crippen LogP contribution in [-0.2, 0) is 11.1 Å². The predicted octanol–water partition coefficient (Wildman–Crippen LogP) is 3.38. The van der Waals surface area contributed by atoms with E-state index in [0.29, 0.717) is 4.90 Å². The summed E-state index contributed by atoms with van der Waals surface area (Å²) in [5.41, 5.74) is 1.23. The van der Waals surface area contributed by atoms with Gasteiger partial charge in [0.2, 0.25) is 0 Å². The molecule has 0 saturated carbocycles.